The summed E-state index contributed by atoms with van der Waals surface area (Å²) in [6.45, 7) is -0.182. The zero-order chi connectivity index (χ0) is 19.4. The third kappa shape index (κ3) is 4.66. The topological polar surface area (TPSA) is 116 Å². The molecule has 0 aliphatic rings. The predicted molar refractivity (Wildman–Crippen MR) is 97.7 cm³/mol. The number of halogens is 2. The maximum absolute atomic E-state index is 13.7. The number of hydrogen-bond acceptors (Lipinski definition) is 6. The van der Waals surface area contributed by atoms with E-state index in [-0.39, 0.29) is 23.0 Å². The minimum absolute atomic E-state index is 0.0138. The van der Waals surface area contributed by atoms with Gasteiger partial charge in [-0.15, -0.1) is 10.2 Å². The van der Waals surface area contributed by atoms with Crippen molar-refractivity contribution < 1.29 is 18.4 Å². The molecule has 0 bridgehead atoms. The lowest BCUT2D eigenvalue weighted by Gasteiger charge is -2.08. The molecule has 27 heavy (non-hydrogen) atoms. The van der Waals surface area contributed by atoms with E-state index in [2.05, 4.69) is 15.5 Å². The molecular formula is C16H13ClFN5O3S. The van der Waals surface area contributed by atoms with Crippen LogP contribution < -0.4 is 11.1 Å². The number of nitrogens with zero attached hydrogens (tertiary/aromatic N) is 3. The lowest BCUT2D eigenvalue weighted by atomic mass is 10.3. The number of nitrogens with two attached hydrogens (primary N) is 1. The molecule has 1 aromatic carbocycles. The van der Waals surface area contributed by atoms with E-state index in [1.807, 2.05) is 0 Å². The van der Waals surface area contributed by atoms with Crippen molar-refractivity contribution in [1.82, 2.24) is 14.8 Å². The fourth-order valence-electron chi connectivity index (χ4n) is 2.19. The smallest absolute Gasteiger partial charge is 0.237 e. The molecule has 3 aromatic rings. The first-order valence-corrected chi connectivity index (χ1v) is 8.93. The van der Waals surface area contributed by atoms with Gasteiger partial charge < -0.3 is 15.5 Å². The Morgan fingerprint density at radius 2 is 2.15 bits per heavy atom. The Balaban J connectivity index is 1.71. The molecule has 2 amide bonds. The number of nitrogens with one attached hydrogen (secondary N) is 1. The van der Waals surface area contributed by atoms with Gasteiger partial charge in [-0.1, -0.05) is 23.4 Å². The molecule has 0 radical (unpaired) electrons. The van der Waals surface area contributed by atoms with Crippen molar-refractivity contribution in [3.05, 3.63) is 47.4 Å². The summed E-state index contributed by atoms with van der Waals surface area (Å²) in [5.74, 6) is -1.07. The van der Waals surface area contributed by atoms with Crippen LogP contribution in [0.1, 0.15) is 0 Å². The number of carbonyl (C=O) groups excluding carboxylic acids is 2. The summed E-state index contributed by atoms with van der Waals surface area (Å²) in [4.78, 5) is 23.5. The highest BCUT2D eigenvalue weighted by atomic mass is 35.5. The van der Waals surface area contributed by atoms with Crippen LogP contribution in [0.25, 0.3) is 11.6 Å². The van der Waals surface area contributed by atoms with Crippen molar-refractivity contribution in [3.8, 4) is 11.6 Å². The molecule has 0 saturated carbocycles. The molecule has 8 nitrogen and oxygen atoms in total. The van der Waals surface area contributed by atoms with Gasteiger partial charge in [-0.3, -0.25) is 14.2 Å². The highest BCUT2D eigenvalue weighted by Crippen LogP contribution is 2.25. The number of rotatable bonds is 7. The normalized spacial score (nSPS) is 10.7. The number of furan rings is 1. The van der Waals surface area contributed by atoms with Crippen LogP contribution in [0.15, 0.2) is 46.2 Å². The van der Waals surface area contributed by atoms with Crippen molar-refractivity contribution in [3.63, 3.8) is 0 Å². The van der Waals surface area contributed by atoms with E-state index in [0.29, 0.717) is 16.7 Å². The maximum Gasteiger partial charge on any atom is 0.237 e. The number of primary amides is 1. The van der Waals surface area contributed by atoms with E-state index in [1.54, 1.807) is 12.1 Å². The molecule has 0 spiro atoms. The first-order chi connectivity index (χ1) is 12.9. The van der Waals surface area contributed by atoms with Gasteiger partial charge in [0.1, 0.15) is 12.4 Å². The number of anilines is 1. The second kappa shape index (κ2) is 8.23. The standard InChI is InChI=1S/C16H13ClFN5O3S/c17-9-3-4-11(10(18)6-9)20-14(25)8-27-16-22-21-15(12-2-1-5-26-12)23(16)7-13(19)24/h1-6H,7-8H2,(H2,19,24)(H,20,25). The van der Waals surface area contributed by atoms with E-state index < -0.39 is 17.6 Å². The molecule has 2 heterocycles. The molecule has 0 atom stereocenters. The summed E-state index contributed by atoms with van der Waals surface area (Å²) >= 11 is 6.70. The lowest BCUT2D eigenvalue weighted by Crippen LogP contribution is -2.20. The highest BCUT2D eigenvalue weighted by Gasteiger charge is 2.19. The van der Waals surface area contributed by atoms with E-state index in [0.717, 1.165) is 17.8 Å². The number of amides is 2. The Morgan fingerprint density at radius 1 is 1.33 bits per heavy atom. The van der Waals surface area contributed by atoms with E-state index in [1.165, 1.54) is 23.0 Å². The Labute approximate surface area is 161 Å². The number of thioether (sulfide) groups is 1. The molecule has 0 aliphatic carbocycles. The lowest BCUT2D eigenvalue weighted by molar-refractivity contribution is -0.118. The predicted octanol–water partition coefficient (Wildman–Crippen LogP) is 2.55. The first kappa shape index (κ1) is 18.9. The van der Waals surface area contributed by atoms with Gasteiger partial charge in [0.05, 0.1) is 17.7 Å². The van der Waals surface area contributed by atoms with Crippen molar-refractivity contribution >= 4 is 40.9 Å². The molecule has 0 aliphatic heterocycles. The van der Waals surface area contributed by atoms with Crippen molar-refractivity contribution in [2.24, 2.45) is 5.73 Å². The van der Waals surface area contributed by atoms with Gasteiger partial charge in [-0.2, -0.15) is 0 Å². The quantitative estimate of drug-likeness (QED) is 0.579. The molecule has 3 rings (SSSR count). The van der Waals surface area contributed by atoms with Gasteiger partial charge in [-0.05, 0) is 30.3 Å². The third-order valence-corrected chi connectivity index (χ3v) is 4.51. The van der Waals surface area contributed by atoms with Crippen LogP contribution in [-0.4, -0.2) is 32.3 Å². The number of hydrogen-bond donors (Lipinski definition) is 2. The van der Waals surface area contributed by atoms with E-state index in [9.17, 15) is 14.0 Å². The van der Waals surface area contributed by atoms with Gasteiger partial charge in [0, 0.05) is 5.02 Å². The molecule has 0 fully saturated rings. The van der Waals surface area contributed by atoms with Crippen LogP contribution in [-0.2, 0) is 16.1 Å². The molecule has 0 saturated heterocycles. The number of benzene rings is 1. The van der Waals surface area contributed by atoms with Gasteiger partial charge in [-0.25, -0.2) is 4.39 Å². The summed E-state index contributed by atoms with van der Waals surface area (Å²) in [6.07, 6.45) is 1.46. The number of carbonyl (C=O) groups is 2. The van der Waals surface area contributed by atoms with Crippen LogP contribution in [0.4, 0.5) is 10.1 Å². The maximum atomic E-state index is 13.7. The molecule has 140 valence electrons. The van der Waals surface area contributed by atoms with Crippen LogP contribution in [0, 0.1) is 5.82 Å². The van der Waals surface area contributed by atoms with Gasteiger partial charge in [0.15, 0.2) is 10.9 Å². The van der Waals surface area contributed by atoms with Crippen LogP contribution in [0.2, 0.25) is 5.02 Å². The Hall–Kier alpha value is -2.85. The summed E-state index contributed by atoms with van der Waals surface area (Å²) in [7, 11) is 0. The Kier molecular flexibility index (Phi) is 5.77. The SMILES string of the molecule is NC(=O)Cn1c(SCC(=O)Nc2ccc(Cl)cc2F)nnc1-c1ccco1. The largest absolute Gasteiger partial charge is 0.461 e. The Morgan fingerprint density at radius 3 is 2.81 bits per heavy atom. The molecule has 2 aromatic heterocycles. The van der Waals surface area contributed by atoms with E-state index in [4.69, 9.17) is 21.8 Å². The average Bonchev–Trinajstić information content (AvgIpc) is 3.25. The summed E-state index contributed by atoms with van der Waals surface area (Å²) in [5.41, 5.74) is 5.29. The zero-order valence-corrected chi connectivity index (χ0v) is 15.3. The summed E-state index contributed by atoms with van der Waals surface area (Å²) < 4.78 is 20.5. The molecular weight excluding hydrogens is 397 g/mol. The van der Waals surface area contributed by atoms with Crippen LogP contribution >= 0.6 is 23.4 Å². The molecule has 0 unspecified atom stereocenters. The molecule has 3 N–H and O–H groups in total. The minimum Gasteiger partial charge on any atom is -0.461 e. The van der Waals surface area contributed by atoms with Crippen molar-refractivity contribution in [2.75, 3.05) is 11.1 Å². The van der Waals surface area contributed by atoms with Crippen LogP contribution in [0.3, 0.4) is 0 Å². The van der Waals surface area contributed by atoms with E-state index >= 15 is 0 Å². The fourth-order valence-corrected chi connectivity index (χ4v) is 3.09. The number of aromatic nitrogens is 3. The zero-order valence-electron chi connectivity index (χ0n) is 13.7. The van der Waals surface area contributed by atoms with Gasteiger partial charge in [0.25, 0.3) is 0 Å². The summed E-state index contributed by atoms with van der Waals surface area (Å²) in [5, 5.41) is 10.9. The second-order valence-electron chi connectivity index (χ2n) is 5.30. The van der Waals surface area contributed by atoms with Crippen molar-refractivity contribution in [1.29, 1.82) is 0 Å². The third-order valence-electron chi connectivity index (χ3n) is 3.31. The summed E-state index contributed by atoms with van der Waals surface area (Å²) in [6, 6.07) is 7.26. The Bertz CT molecular complexity index is 977. The van der Waals surface area contributed by atoms with Gasteiger partial charge >= 0.3 is 0 Å². The van der Waals surface area contributed by atoms with Crippen LogP contribution in [0.5, 0.6) is 0 Å². The first-order valence-electron chi connectivity index (χ1n) is 7.57. The average molecular weight is 410 g/mol. The highest BCUT2D eigenvalue weighted by molar-refractivity contribution is 7.99. The van der Waals surface area contributed by atoms with Gasteiger partial charge in [0.2, 0.25) is 17.6 Å². The molecule has 11 heteroatoms. The minimum atomic E-state index is -0.641. The second-order valence-corrected chi connectivity index (χ2v) is 6.68. The fraction of sp³-hybridized carbons (Fsp3) is 0.125. The monoisotopic (exact) mass is 409 g/mol. The van der Waals surface area contributed by atoms with Crippen molar-refractivity contribution in [2.45, 2.75) is 11.7 Å².